The van der Waals surface area contributed by atoms with E-state index in [9.17, 15) is 4.21 Å². The third kappa shape index (κ3) is 3.04. The molecule has 2 atom stereocenters. The summed E-state index contributed by atoms with van der Waals surface area (Å²) in [6.45, 7) is 1.70. The van der Waals surface area contributed by atoms with E-state index in [-0.39, 0.29) is 12.2 Å². The van der Waals surface area contributed by atoms with Crippen LogP contribution >= 0.6 is 0 Å². The second-order valence-corrected chi connectivity index (χ2v) is 5.59. The van der Waals surface area contributed by atoms with Gasteiger partial charge in [0, 0.05) is 35.5 Å². The SMILES string of the molecule is O=S(CC1CCCO1)CC1CCCO1. The van der Waals surface area contributed by atoms with Crippen molar-refractivity contribution >= 4 is 10.8 Å². The first-order chi connectivity index (χ1) is 6.84. The molecule has 0 radical (unpaired) electrons. The summed E-state index contributed by atoms with van der Waals surface area (Å²) >= 11 is 0. The van der Waals surface area contributed by atoms with Crippen LogP contribution in [-0.4, -0.2) is 41.1 Å². The van der Waals surface area contributed by atoms with E-state index in [1.165, 1.54) is 0 Å². The molecule has 0 bridgehead atoms. The number of hydrogen-bond donors (Lipinski definition) is 0. The Morgan fingerprint density at radius 3 is 1.86 bits per heavy atom. The molecule has 2 aliphatic heterocycles. The predicted molar refractivity (Wildman–Crippen MR) is 55.8 cm³/mol. The van der Waals surface area contributed by atoms with Crippen molar-refractivity contribution in [2.75, 3.05) is 24.7 Å². The Kier molecular flexibility index (Phi) is 3.96. The smallest absolute Gasteiger partial charge is 0.0691 e. The molecule has 0 N–H and O–H groups in total. The standard InChI is InChI=1S/C10H18O3S/c11-14(7-9-3-1-5-12-9)8-10-4-2-6-13-10/h9-10H,1-8H2. The molecule has 0 spiro atoms. The minimum atomic E-state index is -0.750. The molecule has 0 aromatic rings. The maximum absolute atomic E-state index is 11.7. The van der Waals surface area contributed by atoms with Gasteiger partial charge in [-0.3, -0.25) is 4.21 Å². The van der Waals surface area contributed by atoms with Gasteiger partial charge in [0.05, 0.1) is 12.2 Å². The van der Waals surface area contributed by atoms with Gasteiger partial charge in [0.1, 0.15) is 0 Å². The van der Waals surface area contributed by atoms with E-state index < -0.39 is 10.8 Å². The van der Waals surface area contributed by atoms with E-state index in [2.05, 4.69) is 0 Å². The van der Waals surface area contributed by atoms with Gasteiger partial charge in [0.15, 0.2) is 0 Å². The highest BCUT2D eigenvalue weighted by atomic mass is 32.2. The van der Waals surface area contributed by atoms with Gasteiger partial charge in [-0.15, -0.1) is 0 Å². The molecule has 2 saturated heterocycles. The maximum Gasteiger partial charge on any atom is 0.0691 e. The summed E-state index contributed by atoms with van der Waals surface area (Å²) in [7, 11) is -0.750. The fourth-order valence-corrected chi connectivity index (χ4v) is 3.53. The first-order valence-corrected chi connectivity index (χ1v) is 6.91. The highest BCUT2D eigenvalue weighted by Crippen LogP contribution is 2.16. The topological polar surface area (TPSA) is 35.5 Å². The van der Waals surface area contributed by atoms with Crippen molar-refractivity contribution in [3.8, 4) is 0 Å². The van der Waals surface area contributed by atoms with Gasteiger partial charge in [-0.1, -0.05) is 0 Å². The van der Waals surface area contributed by atoms with Crippen LogP contribution in [0.5, 0.6) is 0 Å². The molecule has 0 aromatic carbocycles. The zero-order valence-corrected chi connectivity index (χ0v) is 9.26. The second-order valence-electron chi connectivity index (χ2n) is 4.04. The summed E-state index contributed by atoms with van der Waals surface area (Å²) in [5.41, 5.74) is 0. The highest BCUT2D eigenvalue weighted by Gasteiger charge is 2.22. The van der Waals surface area contributed by atoms with Crippen molar-refractivity contribution in [1.82, 2.24) is 0 Å². The van der Waals surface area contributed by atoms with Crippen LogP contribution in [0.2, 0.25) is 0 Å². The molecule has 4 heteroatoms. The molecular weight excluding hydrogens is 200 g/mol. The van der Waals surface area contributed by atoms with Crippen LogP contribution in [0.4, 0.5) is 0 Å². The third-order valence-electron chi connectivity index (χ3n) is 2.79. The van der Waals surface area contributed by atoms with Crippen molar-refractivity contribution in [3.63, 3.8) is 0 Å². The summed E-state index contributed by atoms with van der Waals surface area (Å²) in [6, 6.07) is 0. The molecule has 2 heterocycles. The molecule has 0 saturated carbocycles. The van der Waals surface area contributed by atoms with Gasteiger partial charge in [0.2, 0.25) is 0 Å². The molecule has 0 aromatic heterocycles. The Morgan fingerprint density at radius 1 is 1.00 bits per heavy atom. The number of rotatable bonds is 4. The summed E-state index contributed by atoms with van der Waals surface area (Å²) in [5, 5.41) is 0. The summed E-state index contributed by atoms with van der Waals surface area (Å²) < 4.78 is 22.6. The Labute approximate surface area is 87.6 Å². The van der Waals surface area contributed by atoms with Gasteiger partial charge < -0.3 is 9.47 Å². The van der Waals surface area contributed by atoms with Crippen molar-refractivity contribution in [2.24, 2.45) is 0 Å². The lowest BCUT2D eigenvalue weighted by Gasteiger charge is -2.11. The van der Waals surface area contributed by atoms with Crippen molar-refractivity contribution in [2.45, 2.75) is 37.9 Å². The van der Waals surface area contributed by atoms with E-state index in [0.29, 0.717) is 11.5 Å². The molecule has 3 nitrogen and oxygen atoms in total. The summed E-state index contributed by atoms with van der Waals surface area (Å²) in [4.78, 5) is 0. The zero-order valence-electron chi connectivity index (χ0n) is 8.44. The maximum atomic E-state index is 11.7. The quantitative estimate of drug-likeness (QED) is 0.708. The molecule has 82 valence electrons. The summed E-state index contributed by atoms with van der Waals surface area (Å²) in [6.07, 6.45) is 4.91. The van der Waals surface area contributed by atoms with E-state index in [1.54, 1.807) is 0 Å². The Balaban J connectivity index is 1.66. The monoisotopic (exact) mass is 218 g/mol. The number of ether oxygens (including phenoxy) is 2. The first-order valence-electron chi connectivity index (χ1n) is 5.43. The minimum absolute atomic E-state index is 0.247. The first kappa shape index (κ1) is 10.6. The highest BCUT2D eigenvalue weighted by molar-refractivity contribution is 7.85. The van der Waals surface area contributed by atoms with Gasteiger partial charge in [-0.2, -0.15) is 0 Å². The van der Waals surface area contributed by atoms with E-state index >= 15 is 0 Å². The molecule has 14 heavy (non-hydrogen) atoms. The van der Waals surface area contributed by atoms with Crippen LogP contribution in [0.15, 0.2) is 0 Å². The van der Waals surface area contributed by atoms with Crippen LogP contribution < -0.4 is 0 Å². The summed E-state index contributed by atoms with van der Waals surface area (Å²) in [5.74, 6) is 1.42. The Bertz CT molecular complexity index is 176. The Morgan fingerprint density at radius 2 is 1.50 bits per heavy atom. The molecule has 0 amide bonds. The van der Waals surface area contributed by atoms with Gasteiger partial charge >= 0.3 is 0 Å². The van der Waals surface area contributed by atoms with Gasteiger partial charge in [0.25, 0.3) is 0 Å². The molecule has 2 aliphatic rings. The van der Waals surface area contributed by atoms with E-state index in [0.717, 1.165) is 38.9 Å². The van der Waals surface area contributed by atoms with Crippen LogP contribution in [0.3, 0.4) is 0 Å². The van der Waals surface area contributed by atoms with Crippen LogP contribution in [0, 0.1) is 0 Å². The minimum Gasteiger partial charge on any atom is -0.377 e. The number of hydrogen-bond acceptors (Lipinski definition) is 3. The lowest BCUT2D eigenvalue weighted by atomic mass is 10.3. The molecule has 2 rings (SSSR count). The van der Waals surface area contributed by atoms with Crippen LogP contribution in [0.1, 0.15) is 25.7 Å². The molecular formula is C10H18O3S. The fraction of sp³-hybridized carbons (Fsp3) is 1.00. The zero-order chi connectivity index (χ0) is 9.80. The largest absolute Gasteiger partial charge is 0.377 e. The lowest BCUT2D eigenvalue weighted by molar-refractivity contribution is 0.123. The molecule has 2 unspecified atom stereocenters. The Hall–Kier alpha value is 0.0700. The van der Waals surface area contributed by atoms with E-state index in [4.69, 9.17) is 9.47 Å². The van der Waals surface area contributed by atoms with Crippen LogP contribution in [0.25, 0.3) is 0 Å². The van der Waals surface area contributed by atoms with Crippen molar-refractivity contribution in [3.05, 3.63) is 0 Å². The van der Waals surface area contributed by atoms with Crippen molar-refractivity contribution < 1.29 is 13.7 Å². The van der Waals surface area contributed by atoms with E-state index in [1.807, 2.05) is 0 Å². The van der Waals surface area contributed by atoms with Crippen molar-refractivity contribution in [1.29, 1.82) is 0 Å². The lowest BCUT2D eigenvalue weighted by Crippen LogP contribution is -2.23. The fourth-order valence-electron chi connectivity index (χ4n) is 2.03. The van der Waals surface area contributed by atoms with Gasteiger partial charge in [-0.05, 0) is 25.7 Å². The third-order valence-corrected chi connectivity index (χ3v) is 4.28. The second kappa shape index (κ2) is 5.24. The van der Waals surface area contributed by atoms with Crippen LogP contribution in [-0.2, 0) is 20.3 Å². The average Bonchev–Trinajstić information content (AvgIpc) is 2.76. The molecule has 0 aliphatic carbocycles. The average molecular weight is 218 g/mol. The molecule has 2 fully saturated rings. The predicted octanol–water partition coefficient (Wildman–Crippen LogP) is 1.09. The normalized spacial score (nSPS) is 34.9. The van der Waals surface area contributed by atoms with Gasteiger partial charge in [-0.25, -0.2) is 0 Å².